The van der Waals surface area contributed by atoms with Crippen LogP contribution < -0.4 is 0 Å². The van der Waals surface area contributed by atoms with Gasteiger partial charge in [-0.15, -0.1) is 5.10 Å². The van der Waals surface area contributed by atoms with E-state index < -0.39 is 0 Å². The molecule has 0 N–H and O–H groups in total. The molecule has 0 bridgehead atoms. The minimum atomic E-state index is -0.262. The number of fused-ring (bicyclic) bond motifs is 1. The molecule has 1 aromatic heterocycles. The highest BCUT2D eigenvalue weighted by Gasteiger charge is 2.25. The van der Waals surface area contributed by atoms with E-state index in [0.717, 1.165) is 52.8 Å². The summed E-state index contributed by atoms with van der Waals surface area (Å²) in [7, 11) is 0. The second kappa shape index (κ2) is 9.27. The number of likely N-dealkylation sites (tertiary alicyclic amines) is 1. The van der Waals surface area contributed by atoms with E-state index in [1.807, 2.05) is 41.3 Å². The first-order valence-electron chi connectivity index (χ1n) is 10.9. The van der Waals surface area contributed by atoms with Crippen LogP contribution in [0.3, 0.4) is 0 Å². The van der Waals surface area contributed by atoms with Gasteiger partial charge in [-0.1, -0.05) is 30.4 Å². The SMILES string of the molecule is O=C1OCc2c1ccc(C=CC1CCN(C(=O)Cc3ccc(-n4cnnn4)cc3)CC1)c2Br. The molecule has 8 nitrogen and oxygen atoms in total. The van der Waals surface area contributed by atoms with Crippen LogP contribution in [0.15, 0.2) is 53.3 Å². The third kappa shape index (κ3) is 4.59. The van der Waals surface area contributed by atoms with E-state index in [9.17, 15) is 9.59 Å². The van der Waals surface area contributed by atoms with Crippen molar-refractivity contribution in [3.05, 3.63) is 75.5 Å². The summed E-state index contributed by atoms with van der Waals surface area (Å²) in [6.07, 6.45) is 8.11. The lowest BCUT2D eigenvalue weighted by molar-refractivity contribution is -0.131. The molecule has 9 heteroatoms. The molecule has 5 rings (SSSR count). The third-order valence-corrected chi connectivity index (χ3v) is 7.12. The molecule has 0 unspecified atom stereocenters. The number of ether oxygens (including phenoxy) is 1. The number of hydrogen-bond acceptors (Lipinski definition) is 6. The average Bonchev–Trinajstić information content (AvgIpc) is 3.50. The Morgan fingerprint density at radius 2 is 1.94 bits per heavy atom. The third-order valence-electron chi connectivity index (χ3n) is 6.19. The van der Waals surface area contributed by atoms with E-state index in [-0.39, 0.29) is 11.9 Å². The minimum Gasteiger partial charge on any atom is -0.457 e. The van der Waals surface area contributed by atoms with Crippen LogP contribution in [0.5, 0.6) is 0 Å². The average molecular weight is 508 g/mol. The molecular weight excluding hydrogens is 486 g/mol. The normalized spacial score (nSPS) is 16.3. The first-order valence-corrected chi connectivity index (χ1v) is 11.6. The van der Waals surface area contributed by atoms with Crippen molar-refractivity contribution in [2.24, 2.45) is 5.92 Å². The van der Waals surface area contributed by atoms with Crippen LogP contribution in [0.4, 0.5) is 0 Å². The van der Waals surface area contributed by atoms with Gasteiger partial charge >= 0.3 is 5.97 Å². The zero-order chi connectivity index (χ0) is 22.8. The Hall–Kier alpha value is -3.33. The number of aromatic nitrogens is 4. The Morgan fingerprint density at radius 3 is 2.67 bits per heavy atom. The van der Waals surface area contributed by atoms with Gasteiger partial charge in [0.15, 0.2) is 0 Å². The van der Waals surface area contributed by atoms with Crippen LogP contribution in [0.1, 0.15) is 39.9 Å². The maximum atomic E-state index is 12.8. The Bertz CT molecular complexity index is 1200. The fourth-order valence-corrected chi connectivity index (χ4v) is 4.82. The van der Waals surface area contributed by atoms with Crippen LogP contribution in [0.25, 0.3) is 11.8 Å². The highest BCUT2D eigenvalue weighted by atomic mass is 79.9. The Balaban J connectivity index is 1.14. The predicted molar refractivity (Wildman–Crippen MR) is 124 cm³/mol. The van der Waals surface area contributed by atoms with Crippen LogP contribution in [-0.2, 0) is 22.6 Å². The van der Waals surface area contributed by atoms with Crippen molar-refractivity contribution in [2.75, 3.05) is 13.1 Å². The summed E-state index contributed by atoms with van der Waals surface area (Å²) in [6, 6.07) is 11.5. The summed E-state index contributed by atoms with van der Waals surface area (Å²) in [5, 5.41) is 11.1. The van der Waals surface area contributed by atoms with E-state index in [1.54, 1.807) is 4.68 Å². The zero-order valence-corrected chi connectivity index (χ0v) is 19.4. The van der Waals surface area contributed by atoms with Gasteiger partial charge in [0.2, 0.25) is 5.91 Å². The molecule has 1 amide bonds. The Labute approximate surface area is 199 Å². The zero-order valence-electron chi connectivity index (χ0n) is 17.9. The maximum absolute atomic E-state index is 12.8. The molecule has 168 valence electrons. The van der Waals surface area contributed by atoms with Gasteiger partial charge in [-0.3, -0.25) is 4.79 Å². The summed E-state index contributed by atoms with van der Waals surface area (Å²) < 4.78 is 7.61. The van der Waals surface area contributed by atoms with Crippen molar-refractivity contribution in [3.8, 4) is 5.69 Å². The summed E-state index contributed by atoms with van der Waals surface area (Å²) in [5.41, 5.74) is 4.42. The number of carbonyl (C=O) groups excluding carboxylic acids is 2. The first-order chi connectivity index (χ1) is 16.1. The molecule has 0 aliphatic carbocycles. The molecular formula is C24H22BrN5O3. The van der Waals surface area contributed by atoms with Crippen LogP contribution >= 0.6 is 15.9 Å². The van der Waals surface area contributed by atoms with Gasteiger partial charge in [0.05, 0.1) is 17.7 Å². The number of carbonyl (C=O) groups is 2. The number of hydrogen-bond donors (Lipinski definition) is 0. The fraction of sp³-hybridized carbons (Fsp3) is 0.292. The number of amides is 1. The van der Waals surface area contributed by atoms with Crippen LogP contribution in [0.2, 0.25) is 0 Å². The molecule has 2 aromatic carbocycles. The number of tetrazole rings is 1. The number of cyclic esters (lactones) is 1. The molecule has 0 radical (unpaired) electrons. The van der Waals surface area contributed by atoms with Crippen molar-refractivity contribution >= 4 is 33.9 Å². The van der Waals surface area contributed by atoms with E-state index in [2.05, 4.69) is 43.6 Å². The topological polar surface area (TPSA) is 90.2 Å². The molecule has 33 heavy (non-hydrogen) atoms. The summed E-state index contributed by atoms with van der Waals surface area (Å²) in [6.45, 7) is 1.83. The van der Waals surface area contributed by atoms with Crippen molar-refractivity contribution in [2.45, 2.75) is 25.9 Å². The standard InChI is InChI=1S/C24H22BrN5O3/c25-23-18(5-8-20-21(23)14-33-24(20)32)4-1-16-9-11-29(12-10-16)22(31)13-17-2-6-19(7-3-17)30-15-26-27-28-30/h1-8,15-16H,9-14H2. The lowest BCUT2D eigenvalue weighted by atomic mass is 9.94. The quantitative estimate of drug-likeness (QED) is 0.490. The number of esters is 1. The number of nitrogens with zero attached hydrogens (tertiary/aromatic N) is 5. The van der Waals surface area contributed by atoms with Crippen molar-refractivity contribution in [1.82, 2.24) is 25.1 Å². The maximum Gasteiger partial charge on any atom is 0.338 e. The van der Waals surface area contributed by atoms with Crippen LogP contribution in [-0.4, -0.2) is 50.1 Å². The summed E-state index contributed by atoms with van der Waals surface area (Å²) in [4.78, 5) is 26.4. The summed E-state index contributed by atoms with van der Waals surface area (Å²) >= 11 is 3.61. The fourth-order valence-electron chi connectivity index (χ4n) is 4.23. The number of piperidine rings is 1. The molecule has 2 aliphatic rings. The molecule has 0 spiro atoms. The van der Waals surface area contributed by atoms with E-state index in [0.29, 0.717) is 24.5 Å². The number of benzene rings is 2. The Morgan fingerprint density at radius 1 is 1.15 bits per heavy atom. The van der Waals surface area contributed by atoms with Crippen molar-refractivity contribution < 1.29 is 14.3 Å². The molecule has 0 atom stereocenters. The van der Waals surface area contributed by atoms with E-state index >= 15 is 0 Å². The molecule has 1 fully saturated rings. The second-order valence-corrected chi connectivity index (χ2v) is 9.04. The molecule has 1 saturated heterocycles. The minimum absolute atomic E-state index is 0.152. The molecule has 3 heterocycles. The summed E-state index contributed by atoms with van der Waals surface area (Å²) in [5.74, 6) is 0.308. The van der Waals surface area contributed by atoms with Crippen molar-refractivity contribution in [1.29, 1.82) is 0 Å². The largest absolute Gasteiger partial charge is 0.457 e. The lowest BCUT2D eigenvalue weighted by Gasteiger charge is -2.31. The highest BCUT2D eigenvalue weighted by Crippen LogP contribution is 2.32. The lowest BCUT2D eigenvalue weighted by Crippen LogP contribution is -2.39. The molecule has 3 aromatic rings. The highest BCUT2D eigenvalue weighted by molar-refractivity contribution is 9.10. The monoisotopic (exact) mass is 507 g/mol. The van der Waals surface area contributed by atoms with E-state index in [4.69, 9.17) is 4.74 Å². The number of halogens is 1. The van der Waals surface area contributed by atoms with Crippen molar-refractivity contribution in [3.63, 3.8) is 0 Å². The van der Waals surface area contributed by atoms with Gasteiger partial charge in [-0.05, 0) is 74.4 Å². The van der Waals surface area contributed by atoms with Gasteiger partial charge in [0.1, 0.15) is 12.9 Å². The van der Waals surface area contributed by atoms with Gasteiger partial charge in [0, 0.05) is 23.1 Å². The number of rotatable bonds is 5. The van der Waals surface area contributed by atoms with Gasteiger partial charge in [0.25, 0.3) is 0 Å². The van der Waals surface area contributed by atoms with Crippen LogP contribution in [0, 0.1) is 5.92 Å². The van der Waals surface area contributed by atoms with Gasteiger partial charge in [-0.25, -0.2) is 9.48 Å². The van der Waals surface area contributed by atoms with Gasteiger partial charge in [-0.2, -0.15) is 0 Å². The van der Waals surface area contributed by atoms with E-state index in [1.165, 1.54) is 6.33 Å². The second-order valence-electron chi connectivity index (χ2n) is 8.25. The predicted octanol–water partition coefficient (Wildman–Crippen LogP) is 3.59. The van der Waals surface area contributed by atoms with Gasteiger partial charge < -0.3 is 9.64 Å². The smallest absolute Gasteiger partial charge is 0.338 e. The Kier molecular flexibility index (Phi) is 6.04. The first kappa shape index (κ1) is 21.5. The molecule has 0 saturated carbocycles. The molecule has 2 aliphatic heterocycles. The number of allylic oxidation sites excluding steroid dienone is 1.